The second-order valence-electron chi connectivity index (χ2n) is 4.70. The van der Waals surface area contributed by atoms with Crippen molar-refractivity contribution in [1.29, 1.82) is 0 Å². The number of benzene rings is 1. The highest BCUT2D eigenvalue weighted by Gasteiger charge is 2.09. The van der Waals surface area contributed by atoms with E-state index in [1.165, 1.54) is 0 Å². The van der Waals surface area contributed by atoms with Crippen LogP contribution in [-0.4, -0.2) is 18.1 Å². The van der Waals surface area contributed by atoms with Crippen LogP contribution in [0.3, 0.4) is 0 Å². The van der Waals surface area contributed by atoms with Crippen molar-refractivity contribution in [2.75, 3.05) is 13.2 Å². The number of rotatable bonds is 7. The van der Waals surface area contributed by atoms with Gasteiger partial charge in [0, 0.05) is 24.6 Å². The van der Waals surface area contributed by atoms with E-state index in [4.69, 9.17) is 14.9 Å². The fourth-order valence-corrected chi connectivity index (χ4v) is 1.84. The molecule has 0 aliphatic rings. The average Bonchev–Trinajstić information content (AvgIpc) is 2.87. The summed E-state index contributed by atoms with van der Waals surface area (Å²) in [5.74, 6) is 1.13. The predicted octanol–water partition coefficient (Wildman–Crippen LogP) is 3.66. The summed E-state index contributed by atoms with van der Waals surface area (Å²) >= 11 is 0. The molecule has 0 saturated heterocycles. The number of ether oxygens (including phenoxy) is 1. The Labute approximate surface area is 121 Å². The van der Waals surface area contributed by atoms with E-state index in [0.717, 1.165) is 24.8 Å². The summed E-state index contributed by atoms with van der Waals surface area (Å²) in [4.78, 5) is 4.36. The van der Waals surface area contributed by atoms with E-state index in [1.54, 1.807) is 18.2 Å². The van der Waals surface area contributed by atoms with E-state index in [2.05, 4.69) is 11.9 Å². The molecule has 0 aliphatic carbocycles. The maximum atomic E-state index is 12.5. The Morgan fingerprint density at radius 3 is 2.86 bits per heavy atom. The van der Waals surface area contributed by atoms with Gasteiger partial charge in [0.15, 0.2) is 11.5 Å². The van der Waals surface area contributed by atoms with Gasteiger partial charge in [-0.05, 0) is 18.6 Å². The van der Waals surface area contributed by atoms with Crippen molar-refractivity contribution >= 4 is 11.1 Å². The first kappa shape index (κ1) is 15.4. The Hall–Kier alpha value is -1.95. The number of aryl methyl sites for hydroxylation is 1. The van der Waals surface area contributed by atoms with Crippen molar-refractivity contribution in [2.45, 2.75) is 26.2 Å². The molecule has 4 nitrogen and oxygen atoms in total. The van der Waals surface area contributed by atoms with Gasteiger partial charge in [0.25, 0.3) is 6.08 Å². The summed E-state index contributed by atoms with van der Waals surface area (Å²) < 4.78 is 35.9. The molecule has 0 spiro atoms. The highest BCUT2D eigenvalue weighted by atomic mass is 19.3. The second-order valence-corrected chi connectivity index (χ2v) is 4.70. The first-order valence-corrected chi connectivity index (χ1v) is 6.89. The lowest BCUT2D eigenvalue weighted by molar-refractivity contribution is 0.326. The molecule has 21 heavy (non-hydrogen) atoms. The quantitative estimate of drug-likeness (QED) is 0.847. The molecule has 0 unspecified atom stereocenters. The minimum atomic E-state index is -1.79. The zero-order valence-electron chi connectivity index (χ0n) is 11.9. The molecule has 1 aromatic heterocycles. The van der Waals surface area contributed by atoms with Crippen LogP contribution in [0.1, 0.15) is 25.7 Å². The Morgan fingerprint density at radius 1 is 1.38 bits per heavy atom. The monoisotopic (exact) mass is 296 g/mol. The Morgan fingerprint density at radius 2 is 2.19 bits per heavy atom. The number of hydrogen-bond acceptors (Lipinski definition) is 4. The van der Waals surface area contributed by atoms with Crippen molar-refractivity contribution in [3.05, 3.63) is 35.7 Å². The molecule has 0 radical (unpaired) electrons. The zero-order valence-corrected chi connectivity index (χ0v) is 11.9. The van der Waals surface area contributed by atoms with Crippen molar-refractivity contribution in [3.8, 4) is 5.75 Å². The molecule has 6 heteroatoms. The second kappa shape index (κ2) is 7.17. The molecule has 0 aliphatic heterocycles. The largest absolute Gasteiger partial charge is 0.489 e. The highest BCUT2D eigenvalue weighted by molar-refractivity contribution is 5.74. The molecule has 2 aromatic rings. The van der Waals surface area contributed by atoms with Gasteiger partial charge in [0.05, 0.1) is 0 Å². The molecule has 0 amide bonds. The average molecular weight is 296 g/mol. The summed E-state index contributed by atoms with van der Waals surface area (Å²) in [5.41, 5.74) is 6.35. The summed E-state index contributed by atoms with van der Waals surface area (Å²) in [6, 6.07) is 5.09. The number of hydrogen-bond donors (Lipinski definition) is 1. The third-order valence-corrected chi connectivity index (χ3v) is 3.08. The normalized spacial score (nSPS) is 10.9. The minimum Gasteiger partial charge on any atom is -0.489 e. The van der Waals surface area contributed by atoms with Crippen LogP contribution in [0.4, 0.5) is 8.78 Å². The van der Waals surface area contributed by atoms with Gasteiger partial charge in [-0.15, -0.1) is 0 Å². The molecule has 1 heterocycles. The minimum absolute atomic E-state index is 0.212. The SMILES string of the molecule is CCCCc1nc2ccc(OCC(CN)=C(F)F)cc2o1. The molecular weight excluding hydrogens is 278 g/mol. The standard InChI is InChI=1S/C15H18F2N2O2/c1-2-3-4-14-19-12-6-5-11(7-13(12)21-14)20-9-10(8-18)15(16)17/h5-7H,2-4,8-9,18H2,1H3. The van der Waals surface area contributed by atoms with Crippen molar-refractivity contribution in [3.63, 3.8) is 0 Å². The van der Waals surface area contributed by atoms with Crippen LogP contribution in [0.25, 0.3) is 11.1 Å². The Kier molecular flexibility index (Phi) is 5.27. The van der Waals surface area contributed by atoms with Crippen LogP contribution in [0.5, 0.6) is 5.75 Å². The van der Waals surface area contributed by atoms with Gasteiger partial charge in [-0.1, -0.05) is 13.3 Å². The summed E-state index contributed by atoms with van der Waals surface area (Å²) in [6.45, 7) is 1.64. The van der Waals surface area contributed by atoms with Gasteiger partial charge < -0.3 is 14.9 Å². The van der Waals surface area contributed by atoms with Crippen molar-refractivity contribution < 1.29 is 17.9 Å². The first-order valence-electron chi connectivity index (χ1n) is 6.89. The molecule has 114 valence electrons. The van der Waals surface area contributed by atoms with Crippen LogP contribution < -0.4 is 10.5 Å². The molecular formula is C15H18F2N2O2. The molecule has 1 aromatic carbocycles. The lowest BCUT2D eigenvalue weighted by atomic mass is 10.2. The van der Waals surface area contributed by atoms with E-state index >= 15 is 0 Å². The Bertz CT molecular complexity index is 634. The third kappa shape index (κ3) is 4.01. The number of aromatic nitrogens is 1. The third-order valence-electron chi connectivity index (χ3n) is 3.08. The lowest BCUT2D eigenvalue weighted by Crippen LogP contribution is -2.12. The van der Waals surface area contributed by atoms with Crippen LogP contribution in [0, 0.1) is 0 Å². The van der Waals surface area contributed by atoms with Gasteiger partial charge in [0.1, 0.15) is 17.9 Å². The number of fused-ring (bicyclic) bond motifs is 1. The van der Waals surface area contributed by atoms with Crippen LogP contribution >= 0.6 is 0 Å². The molecule has 2 rings (SSSR count). The van der Waals surface area contributed by atoms with E-state index in [0.29, 0.717) is 17.2 Å². The van der Waals surface area contributed by atoms with Crippen LogP contribution in [0.15, 0.2) is 34.3 Å². The van der Waals surface area contributed by atoms with E-state index < -0.39 is 6.08 Å². The maximum Gasteiger partial charge on any atom is 0.274 e. The summed E-state index contributed by atoms with van der Waals surface area (Å²) in [6.07, 6.45) is 1.07. The van der Waals surface area contributed by atoms with E-state index in [1.807, 2.05) is 0 Å². The van der Waals surface area contributed by atoms with Gasteiger partial charge in [-0.2, -0.15) is 8.78 Å². The van der Waals surface area contributed by atoms with E-state index in [-0.39, 0.29) is 18.7 Å². The van der Waals surface area contributed by atoms with E-state index in [9.17, 15) is 8.78 Å². The smallest absolute Gasteiger partial charge is 0.274 e. The number of halogens is 2. The van der Waals surface area contributed by atoms with Crippen molar-refractivity contribution in [1.82, 2.24) is 4.98 Å². The molecule has 0 fully saturated rings. The first-order chi connectivity index (χ1) is 10.1. The van der Waals surface area contributed by atoms with Crippen LogP contribution in [-0.2, 0) is 6.42 Å². The topological polar surface area (TPSA) is 61.3 Å². The summed E-state index contributed by atoms with van der Waals surface area (Å²) in [7, 11) is 0. The summed E-state index contributed by atoms with van der Waals surface area (Å²) in [5, 5.41) is 0. The maximum absolute atomic E-state index is 12.5. The molecule has 0 saturated carbocycles. The molecule has 0 bridgehead atoms. The number of nitrogens with zero attached hydrogens (tertiary/aromatic N) is 1. The number of oxazole rings is 1. The van der Waals surface area contributed by atoms with Gasteiger partial charge in [-0.3, -0.25) is 0 Å². The molecule has 2 N–H and O–H groups in total. The fourth-order valence-electron chi connectivity index (χ4n) is 1.84. The van der Waals surface area contributed by atoms with Gasteiger partial charge >= 0.3 is 0 Å². The number of nitrogens with two attached hydrogens (primary N) is 1. The zero-order chi connectivity index (χ0) is 15.2. The highest BCUT2D eigenvalue weighted by Crippen LogP contribution is 2.23. The number of unbranched alkanes of at least 4 members (excludes halogenated alkanes) is 1. The van der Waals surface area contributed by atoms with Crippen LogP contribution in [0.2, 0.25) is 0 Å². The molecule has 0 atom stereocenters. The van der Waals surface area contributed by atoms with Crippen molar-refractivity contribution in [2.24, 2.45) is 5.73 Å². The predicted molar refractivity (Wildman–Crippen MR) is 76.4 cm³/mol. The van der Waals surface area contributed by atoms with Gasteiger partial charge in [0.2, 0.25) is 0 Å². The Balaban J connectivity index is 2.09. The fraction of sp³-hybridized carbons (Fsp3) is 0.400. The lowest BCUT2D eigenvalue weighted by Gasteiger charge is -2.06. The van der Waals surface area contributed by atoms with Gasteiger partial charge in [-0.25, -0.2) is 4.98 Å².